The number of hydrazine groups is 1. The molecule has 1 aromatic rings. The standard InChI is InChI=1S/C15H24N4O/c1-2-20-10-6-9-17-15(19-16)18-14-11-13(14)12-7-4-3-5-8-12/h3-5,7-8,13-14H,2,6,9-11,16H2,1H3,(H2,17,18,19). The van der Waals surface area contributed by atoms with Gasteiger partial charge in [0.25, 0.3) is 0 Å². The number of hydrogen-bond donors (Lipinski definition) is 3. The van der Waals surface area contributed by atoms with Crippen molar-refractivity contribution in [3.63, 3.8) is 0 Å². The Bertz CT molecular complexity index is 421. The normalized spacial score (nSPS) is 21.6. The van der Waals surface area contributed by atoms with Crippen molar-refractivity contribution in [3.05, 3.63) is 35.9 Å². The quantitative estimate of drug-likeness (QED) is 0.231. The third-order valence-electron chi connectivity index (χ3n) is 3.40. The molecule has 1 fully saturated rings. The fourth-order valence-electron chi connectivity index (χ4n) is 2.23. The zero-order valence-corrected chi connectivity index (χ0v) is 12.0. The van der Waals surface area contributed by atoms with Crippen LogP contribution in [0.1, 0.15) is 31.2 Å². The van der Waals surface area contributed by atoms with Crippen LogP contribution in [0.15, 0.2) is 35.3 Å². The molecule has 0 spiro atoms. The monoisotopic (exact) mass is 276 g/mol. The Morgan fingerprint density at radius 2 is 2.20 bits per heavy atom. The van der Waals surface area contributed by atoms with Crippen LogP contribution in [0, 0.1) is 0 Å². The maximum Gasteiger partial charge on any atom is 0.205 e. The molecule has 0 saturated heterocycles. The van der Waals surface area contributed by atoms with Crippen LogP contribution in [0.5, 0.6) is 0 Å². The van der Waals surface area contributed by atoms with Crippen molar-refractivity contribution < 1.29 is 4.74 Å². The highest BCUT2D eigenvalue weighted by Gasteiger charge is 2.38. The summed E-state index contributed by atoms with van der Waals surface area (Å²) in [5.74, 6) is 6.74. The molecule has 1 saturated carbocycles. The Kier molecular flexibility index (Phi) is 5.83. The van der Waals surface area contributed by atoms with Gasteiger partial charge in [-0.2, -0.15) is 0 Å². The number of nitrogens with two attached hydrogens (primary N) is 1. The minimum Gasteiger partial charge on any atom is -0.382 e. The van der Waals surface area contributed by atoms with Crippen molar-refractivity contribution in [2.45, 2.75) is 31.7 Å². The summed E-state index contributed by atoms with van der Waals surface area (Å²) in [5, 5.41) is 3.35. The second kappa shape index (κ2) is 7.87. The number of nitrogens with zero attached hydrogens (tertiary/aromatic N) is 1. The van der Waals surface area contributed by atoms with Crippen molar-refractivity contribution >= 4 is 5.96 Å². The van der Waals surface area contributed by atoms with Gasteiger partial charge in [0, 0.05) is 31.7 Å². The summed E-state index contributed by atoms with van der Waals surface area (Å²) in [6.45, 7) is 4.21. The highest BCUT2D eigenvalue weighted by Crippen LogP contribution is 2.40. The molecule has 2 rings (SSSR count). The minimum absolute atomic E-state index is 0.430. The van der Waals surface area contributed by atoms with E-state index in [1.54, 1.807) is 0 Å². The van der Waals surface area contributed by atoms with Crippen LogP contribution in [0.2, 0.25) is 0 Å². The molecule has 0 heterocycles. The topological polar surface area (TPSA) is 71.7 Å². The second-order valence-electron chi connectivity index (χ2n) is 4.93. The maximum atomic E-state index is 5.50. The fraction of sp³-hybridized carbons (Fsp3) is 0.533. The molecule has 0 amide bonds. The smallest absolute Gasteiger partial charge is 0.205 e. The molecule has 0 bridgehead atoms. The molecule has 5 nitrogen and oxygen atoms in total. The number of aliphatic imine (C=N–C) groups is 1. The van der Waals surface area contributed by atoms with Crippen LogP contribution in [-0.4, -0.2) is 31.8 Å². The van der Waals surface area contributed by atoms with E-state index in [9.17, 15) is 0 Å². The van der Waals surface area contributed by atoms with Gasteiger partial charge in [0.2, 0.25) is 5.96 Å². The molecule has 0 radical (unpaired) electrons. The molecule has 110 valence electrons. The predicted octanol–water partition coefficient (Wildman–Crippen LogP) is 1.38. The Morgan fingerprint density at radius 1 is 1.40 bits per heavy atom. The lowest BCUT2D eigenvalue weighted by atomic mass is 10.1. The molecule has 20 heavy (non-hydrogen) atoms. The van der Waals surface area contributed by atoms with Crippen LogP contribution in [-0.2, 0) is 4.74 Å². The van der Waals surface area contributed by atoms with Crippen LogP contribution >= 0.6 is 0 Å². The Morgan fingerprint density at radius 3 is 2.90 bits per heavy atom. The molecule has 4 N–H and O–H groups in total. The SMILES string of the molecule is CCOCCCN=C(NN)NC1CC1c1ccccc1. The number of hydrogen-bond acceptors (Lipinski definition) is 3. The second-order valence-corrected chi connectivity index (χ2v) is 4.93. The first-order chi connectivity index (χ1) is 9.85. The van der Waals surface area contributed by atoms with Gasteiger partial charge in [0.1, 0.15) is 0 Å². The lowest BCUT2D eigenvalue weighted by Crippen LogP contribution is -2.43. The number of nitrogens with one attached hydrogen (secondary N) is 2. The third kappa shape index (κ3) is 4.51. The van der Waals surface area contributed by atoms with Gasteiger partial charge in [-0.15, -0.1) is 0 Å². The van der Waals surface area contributed by atoms with Crippen molar-refractivity contribution in [3.8, 4) is 0 Å². The maximum absolute atomic E-state index is 5.50. The number of benzene rings is 1. The molecular weight excluding hydrogens is 252 g/mol. The predicted molar refractivity (Wildman–Crippen MR) is 81.5 cm³/mol. The van der Waals surface area contributed by atoms with Gasteiger partial charge in [-0.05, 0) is 25.3 Å². The van der Waals surface area contributed by atoms with Gasteiger partial charge < -0.3 is 10.1 Å². The molecule has 0 aliphatic heterocycles. The summed E-state index contributed by atoms with van der Waals surface area (Å²) >= 11 is 0. The van der Waals surface area contributed by atoms with Crippen molar-refractivity contribution in [2.24, 2.45) is 10.8 Å². The average molecular weight is 276 g/mol. The van der Waals surface area contributed by atoms with E-state index in [1.165, 1.54) is 5.56 Å². The van der Waals surface area contributed by atoms with E-state index in [0.717, 1.165) is 32.6 Å². The number of ether oxygens (including phenoxy) is 1. The summed E-state index contributed by atoms with van der Waals surface area (Å²) in [6, 6.07) is 11.0. The van der Waals surface area contributed by atoms with Gasteiger partial charge in [-0.25, -0.2) is 5.84 Å². The lowest BCUT2D eigenvalue weighted by Gasteiger charge is -2.09. The van der Waals surface area contributed by atoms with Gasteiger partial charge >= 0.3 is 0 Å². The highest BCUT2D eigenvalue weighted by atomic mass is 16.5. The van der Waals surface area contributed by atoms with E-state index < -0.39 is 0 Å². The van der Waals surface area contributed by atoms with Crippen molar-refractivity contribution in [2.75, 3.05) is 19.8 Å². The van der Waals surface area contributed by atoms with Crippen LogP contribution < -0.4 is 16.6 Å². The molecular formula is C15H24N4O. The summed E-state index contributed by atoms with van der Waals surface area (Å²) in [7, 11) is 0. The number of rotatable bonds is 7. The number of guanidine groups is 1. The molecule has 1 aliphatic carbocycles. The first kappa shape index (κ1) is 14.8. The van der Waals surface area contributed by atoms with E-state index in [4.69, 9.17) is 10.6 Å². The Labute approximate surface area is 120 Å². The first-order valence-electron chi connectivity index (χ1n) is 7.25. The molecule has 0 aromatic heterocycles. The van der Waals surface area contributed by atoms with E-state index in [0.29, 0.717) is 17.9 Å². The molecule has 1 aliphatic rings. The van der Waals surface area contributed by atoms with Crippen molar-refractivity contribution in [1.82, 2.24) is 10.7 Å². The lowest BCUT2D eigenvalue weighted by molar-refractivity contribution is 0.146. The Hall–Kier alpha value is -1.59. The minimum atomic E-state index is 0.430. The molecule has 2 atom stereocenters. The fourth-order valence-corrected chi connectivity index (χ4v) is 2.23. The Balaban J connectivity index is 1.73. The van der Waals surface area contributed by atoms with Gasteiger partial charge in [-0.1, -0.05) is 30.3 Å². The zero-order valence-electron chi connectivity index (χ0n) is 12.0. The van der Waals surface area contributed by atoms with E-state index in [1.807, 2.05) is 13.0 Å². The van der Waals surface area contributed by atoms with Crippen molar-refractivity contribution in [1.29, 1.82) is 0 Å². The van der Waals surface area contributed by atoms with E-state index >= 15 is 0 Å². The van der Waals surface area contributed by atoms with Gasteiger partial charge in [-0.3, -0.25) is 10.4 Å². The van der Waals surface area contributed by atoms with Crippen LogP contribution in [0.25, 0.3) is 0 Å². The van der Waals surface area contributed by atoms with E-state index in [-0.39, 0.29) is 0 Å². The summed E-state index contributed by atoms with van der Waals surface area (Å²) < 4.78 is 5.28. The third-order valence-corrected chi connectivity index (χ3v) is 3.40. The summed E-state index contributed by atoms with van der Waals surface area (Å²) in [6.07, 6.45) is 2.04. The van der Waals surface area contributed by atoms with Crippen LogP contribution in [0.4, 0.5) is 0 Å². The largest absolute Gasteiger partial charge is 0.382 e. The van der Waals surface area contributed by atoms with Gasteiger partial charge in [0.15, 0.2) is 0 Å². The van der Waals surface area contributed by atoms with Crippen LogP contribution in [0.3, 0.4) is 0 Å². The average Bonchev–Trinajstić information content (AvgIpc) is 3.26. The molecule has 2 unspecified atom stereocenters. The molecule has 1 aromatic carbocycles. The summed E-state index contributed by atoms with van der Waals surface area (Å²) in [5.41, 5.74) is 4.01. The zero-order chi connectivity index (χ0) is 14.2. The van der Waals surface area contributed by atoms with E-state index in [2.05, 4.69) is 40.0 Å². The van der Waals surface area contributed by atoms with Gasteiger partial charge in [0.05, 0.1) is 0 Å². The highest BCUT2D eigenvalue weighted by molar-refractivity contribution is 5.80. The summed E-state index contributed by atoms with van der Waals surface area (Å²) in [4.78, 5) is 4.41. The first-order valence-corrected chi connectivity index (χ1v) is 7.25. The molecule has 5 heteroatoms.